The van der Waals surface area contributed by atoms with Gasteiger partial charge >= 0.3 is 0 Å². The van der Waals surface area contributed by atoms with Gasteiger partial charge in [0.2, 0.25) is 11.8 Å². The van der Waals surface area contributed by atoms with Gasteiger partial charge in [-0.05, 0) is 31.0 Å². The molecule has 1 atom stereocenters. The van der Waals surface area contributed by atoms with Crippen LogP contribution in [0.4, 0.5) is 0 Å². The first-order chi connectivity index (χ1) is 14.0. The van der Waals surface area contributed by atoms with E-state index in [1.165, 1.54) is 12.5 Å². The van der Waals surface area contributed by atoms with E-state index in [1.54, 1.807) is 16.9 Å². The Balaban J connectivity index is 2.13. The van der Waals surface area contributed by atoms with Crippen molar-refractivity contribution in [2.24, 2.45) is 0 Å². The molecule has 6 heteroatoms. The fraction of sp³-hybridized carbons (Fsp3) is 0.478. The van der Waals surface area contributed by atoms with E-state index in [0.717, 1.165) is 18.7 Å². The number of hydrogen-bond donors (Lipinski definition) is 0. The van der Waals surface area contributed by atoms with Crippen LogP contribution >= 0.6 is 0 Å². The van der Waals surface area contributed by atoms with E-state index in [4.69, 9.17) is 4.74 Å². The predicted octanol–water partition coefficient (Wildman–Crippen LogP) is 3.16. The molecule has 2 amide bonds. The van der Waals surface area contributed by atoms with Crippen molar-refractivity contribution < 1.29 is 14.3 Å². The Morgan fingerprint density at radius 1 is 1.14 bits per heavy atom. The Bertz CT molecular complexity index is 773. The molecule has 2 rings (SSSR count). The number of hydrogen-bond acceptors (Lipinski definition) is 3. The minimum absolute atomic E-state index is 0.0302. The van der Waals surface area contributed by atoms with Gasteiger partial charge in [0.05, 0.1) is 19.7 Å². The summed E-state index contributed by atoms with van der Waals surface area (Å²) in [6.45, 7) is 7.77. The summed E-state index contributed by atoms with van der Waals surface area (Å²) in [7, 11) is 1.63. The third-order valence-corrected chi connectivity index (χ3v) is 5.22. The van der Waals surface area contributed by atoms with Crippen molar-refractivity contribution in [2.45, 2.75) is 46.3 Å². The second-order valence-electron chi connectivity index (χ2n) is 7.33. The molecular weight excluding hydrogens is 366 g/mol. The van der Waals surface area contributed by atoms with Gasteiger partial charge in [-0.3, -0.25) is 9.59 Å². The van der Waals surface area contributed by atoms with Crippen molar-refractivity contribution in [3.8, 4) is 0 Å². The van der Waals surface area contributed by atoms with Crippen LogP contribution in [0.1, 0.15) is 38.4 Å². The Kier molecular flexibility index (Phi) is 8.93. The molecule has 0 fully saturated rings. The fourth-order valence-corrected chi connectivity index (χ4v) is 3.26. The molecule has 0 aliphatic heterocycles. The summed E-state index contributed by atoms with van der Waals surface area (Å²) in [4.78, 5) is 28.5. The Labute approximate surface area is 174 Å². The average molecular weight is 400 g/mol. The van der Waals surface area contributed by atoms with Crippen LogP contribution in [-0.2, 0) is 27.4 Å². The quantitative estimate of drug-likeness (QED) is 0.583. The number of carbonyl (C=O) groups is 2. The molecule has 0 radical (unpaired) electrons. The Morgan fingerprint density at radius 2 is 1.86 bits per heavy atom. The second-order valence-corrected chi connectivity index (χ2v) is 7.33. The van der Waals surface area contributed by atoms with Crippen LogP contribution in [0.25, 0.3) is 0 Å². The van der Waals surface area contributed by atoms with Gasteiger partial charge in [0, 0.05) is 45.1 Å². The normalized spacial score (nSPS) is 11.9. The topological polar surface area (TPSA) is 54.8 Å². The lowest BCUT2D eigenvalue weighted by atomic mass is 10.2. The van der Waals surface area contributed by atoms with Gasteiger partial charge in [0.1, 0.15) is 0 Å². The van der Waals surface area contributed by atoms with Crippen LogP contribution in [0.3, 0.4) is 0 Å². The zero-order valence-corrected chi connectivity index (χ0v) is 18.0. The second kappa shape index (κ2) is 11.4. The van der Waals surface area contributed by atoms with Crippen molar-refractivity contribution in [1.82, 2.24) is 14.4 Å². The summed E-state index contributed by atoms with van der Waals surface area (Å²) in [5, 5.41) is 0. The lowest BCUT2D eigenvalue weighted by Crippen LogP contribution is -2.46. The fourth-order valence-electron chi connectivity index (χ4n) is 3.26. The van der Waals surface area contributed by atoms with E-state index in [0.29, 0.717) is 19.7 Å². The first kappa shape index (κ1) is 22.7. The molecule has 29 heavy (non-hydrogen) atoms. The van der Waals surface area contributed by atoms with Gasteiger partial charge in [-0.15, -0.1) is 0 Å². The summed E-state index contributed by atoms with van der Waals surface area (Å²) in [6.07, 6.45) is 2.84. The lowest BCUT2D eigenvalue weighted by molar-refractivity contribution is -0.141. The molecule has 158 valence electrons. The first-order valence-corrected chi connectivity index (χ1v) is 10.2. The maximum atomic E-state index is 13.0. The first-order valence-electron chi connectivity index (χ1n) is 10.2. The maximum absolute atomic E-state index is 13.0. The minimum atomic E-state index is -0.0770. The summed E-state index contributed by atoms with van der Waals surface area (Å²) in [5.41, 5.74) is 2.26. The molecule has 2 aromatic rings. The third-order valence-electron chi connectivity index (χ3n) is 5.22. The van der Waals surface area contributed by atoms with Crippen LogP contribution in [-0.4, -0.2) is 59.0 Å². The highest BCUT2D eigenvalue weighted by Gasteiger charge is 2.23. The summed E-state index contributed by atoms with van der Waals surface area (Å²) in [6, 6.07) is 14.3. The van der Waals surface area contributed by atoms with Crippen LogP contribution < -0.4 is 0 Å². The van der Waals surface area contributed by atoms with E-state index >= 15 is 0 Å². The average Bonchev–Trinajstić information content (AvgIpc) is 3.15. The molecule has 0 spiro atoms. The van der Waals surface area contributed by atoms with Crippen LogP contribution in [0.5, 0.6) is 0 Å². The van der Waals surface area contributed by atoms with Crippen molar-refractivity contribution in [3.63, 3.8) is 0 Å². The number of amides is 2. The number of aromatic nitrogens is 1. The lowest BCUT2D eigenvalue weighted by Gasteiger charge is -2.30. The maximum Gasteiger partial charge on any atom is 0.242 e. The molecule has 0 bridgehead atoms. The van der Waals surface area contributed by atoms with E-state index in [1.807, 2.05) is 50.4 Å². The third kappa shape index (κ3) is 6.75. The van der Waals surface area contributed by atoms with Gasteiger partial charge in [-0.25, -0.2) is 0 Å². The van der Waals surface area contributed by atoms with Crippen molar-refractivity contribution in [1.29, 1.82) is 0 Å². The van der Waals surface area contributed by atoms with E-state index in [2.05, 4.69) is 16.7 Å². The number of benzene rings is 1. The summed E-state index contributed by atoms with van der Waals surface area (Å²) >= 11 is 0. The molecular formula is C23H33N3O3. The highest BCUT2D eigenvalue weighted by atomic mass is 16.5. The monoisotopic (exact) mass is 399 g/mol. The molecule has 0 N–H and O–H groups in total. The molecule has 0 aliphatic rings. The number of carbonyl (C=O) groups excluding carboxylic acids is 2. The summed E-state index contributed by atoms with van der Waals surface area (Å²) in [5.74, 6) is -0.142. The van der Waals surface area contributed by atoms with Gasteiger partial charge in [0.15, 0.2) is 0 Å². The highest BCUT2D eigenvalue weighted by molar-refractivity contribution is 5.84. The minimum Gasteiger partial charge on any atom is -0.383 e. The van der Waals surface area contributed by atoms with Crippen molar-refractivity contribution in [3.05, 3.63) is 59.9 Å². The van der Waals surface area contributed by atoms with Crippen molar-refractivity contribution in [2.75, 3.05) is 26.8 Å². The standard InChI is InChI=1S/C23H33N3O3/c1-5-19(2)26(20(3)27)18-23(28)25(14-15-29-4)17-22-12-9-13-24(22)16-21-10-7-6-8-11-21/h6-13,19H,5,14-18H2,1-4H3/t19-/m0/s1. The Morgan fingerprint density at radius 3 is 2.48 bits per heavy atom. The molecule has 0 saturated carbocycles. The zero-order chi connectivity index (χ0) is 21.2. The molecule has 6 nitrogen and oxygen atoms in total. The largest absolute Gasteiger partial charge is 0.383 e. The zero-order valence-electron chi connectivity index (χ0n) is 18.0. The van der Waals surface area contributed by atoms with Gasteiger partial charge in [-0.1, -0.05) is 37.3 Å². The van der Waals surface area contributed by atoms with Gasteiger partial charge in [-0.2, -0.15) is 0 Å². The van der Waals surface area contributed by atoms with Crippen molar-refractivity contribution >= 4 is 11.8 Å². The molecule has 1 heterocycles. The van der Waals surface area contributed by atoms with E-state index in [9.17, 15) is 9.59 Å². The van der Waals surface area contributed by atoms with Crippen LogP contribution in [0.15, 0.2) is 48.7 Å². The smallest absolute Gasteiger partial charge is 0.242 e. The number of ether oxygens (including phenoxy) is 1. The predicted molar refractivity (Wildman–Crippen MR) is 114 cm³/mol. The molecule has 1 aromatic carbocycles. The van der Waals surface area contributed by atoms with Crippen LogP contribution in [0.2, 0.25) is 0 Å². The molecule has 1 aromatic heterocycles. The van der Waals surface area contributed by atoms with Crippen LogP contribution in [0, 0.1) is 0 Å². The molecule has 0 unspecified atom stereocenters. The molecule has 0 saturated heterocycles. The number of rotatable bonds is 11. The van der Waals surface area contributed by atoms with E-state index in [-0.39, 0.29) is 24.4 Å². The van der Waals surface area contributed by atoms with Gasteiger partial charge < -0.3 is 19.1 Å². The molecule has 0 aliphatic carbocycles. The highest BCUT2D eigenvalue weighted by Crippen LogP contribution is 2.12. The SMILES string of the molecule is CC[C@H](C)N(CC(=O)N(CCOC)Cc1cccn1Cc1ccccc1)C(C)=O. The number of nitrogens with zero attached hydrogens (tertiary/aromatic N) is 3. The Hall–Kier alpha value is -2.60. The number of methoxy groups -OCH3 is 1. The van der Waals surface area contributed by atoms with Gasteiger partial charge in [0.25, 0.3) is 0 Å². The summed E-state index contributed by atoms with van der Waals surface area (Å²) < 4.78 is 7.36. The van der Waals surface area contributed by atoms with E-state index < -0.39 is 0 Å².